The van der Waals surface area contributed by atoms with E-state index in [4.69, 9.17) is 5.73 Å². The first-order valence-electron chi connectivity index (χ1n) is 6.74. The molecule has 0 aliphatic heterocycles. The van der Waals surface area contributed by atoms with Gasteiger partial charge in [0.2, 0.25) is 0 Å². The number of fused-ring (bicyclic) bond motifs is 1. The lowest BCUT2D eigenvalue weighted by Crippen LogP contribution is -2.04. The topological polar surface area (TPSA) is 63.8 Å². The molecule has 2 aromatic carbocycles. The van der Waals surface area contributed by atoms with Crippen molar-refractivity contribution in [2.75, 3.05) is 11.1 Å². The largest absolute Gasteiger partial charge is 0.383 e. The van der Waals surface area contributed by atoms with Gasteiger partial charge < -0.3 is 11.1 Å². The molecule has 0 atom stereocenters. The van der Waals surface area contributed by atoms with Gasteiger partial charge in [-0.3, -0.25) is 0 Å². The van der Waals surface area contributed by atoms with Crippen LogP contribution in [-0.4, -0.2) is 9.97 Å². The Bertz CT molecular complexity index is 801. The van der Waals surface area contributed by atoms with Crippen LogP contribution < -0.4 is 11.1 Å². The smallest absolute Gasteiger partial charge is 0.139 e. The van der Waals surface area contributed by atoms with E-state index in [-0.39, 0.29) is 0 Å². The Hall–Kier alpha value is -2.14. The fraction of sp³-hybridized carbons (Fsp3) is 0.125. The molecule has 3 aromatic rings. The predicted octanol–water partition coefficient (Wildman–Crippen LogP) is 4.28. The maximum atomic E-state index is 5.92. The molecular weight excluding hydrogens is 328 g/mol. The monoisotopic (exact) mass is 342 g/mol. The van der Waals surface area contributed by atoms with Gasteiger partial charge in [-0.1, -0.05) is 47.1 Å². The molecule has 0 fully saturated rings. The quantitative estimate of drug-likeness (QED) is 0.745. The summed E-state index contributed by atoms with van der Waals surface area (Å²) in [7, 11) is 0. The van der Waals surface area contributed by atoms with Crippen LogP contribution in [0.25, 0.3) is 10.8 Å². The van der Waals surface area contributed by atoms with Gasteiger partial charge in [0, 0.05) is 21.1 Å². The lowest BCUT2D eigenvalue weighted by atomic mass is 10.1. The average molecular weight is 343 g/mol. The Kier molecular flexibility index (Phi) is 3.75. The summed E-state index contributed by atoms with van der Waals surface area (Å²) in [6, 6.07) is 12.3. The van der Waals surface area contributed by atoms with E-state index in [1.165, 1.54) is 6.33 Å². The van der Waals surface area contributed by atoms with Crippen molar-refractivity contribution >= 4 is 44.0 Å². The molecular formula is C16H15BrN4. The highest BCUT2D eigenvalue weighted by Crippen LogP contribution is 2.32. The standard InChI is InChI=1S/C16H15BrN4/c1-2-10-15(18)19-9-20-16(10)21-14-8-7-13(17)11-5-3-4-6-12(11)14/h3-9H,2H2,1H3,(H3,18,19,20,21). The molecule has 0 amide bonds. The Labute approximate surface area is 131 Å². The summed E-state index contributed by atoms with van der Waals surface area (Å²) >= 11 is 3.58. The molecule has 0 saturated carbocycles. The number of hydrogen-bond donors (Lipinski definition) is 2. The van der Waals surface area contributed by atoms with Crippen molar-refractivity contribution in [3.05, 3.63) is 52.8 Å². The van der Waals surface area contributed by atoms with E-state index in [1.54, 1.807) is 0 Å². The van der Waals surface area contributed by atoms with E-state index in [2.05, 4.69) is 43.3 Å². The van der Waals surface area contributed by atoms with Crippen molar-refractivity contribution in [2.45, 2.75) is 13.3 Å². The SMILES string of the molecule is CCc1c(N)ncnc1Nc1ccc(Br)c2ccccc12. The van der Waals surface area contributed by atoms with Crippen molar-refractivity contribution in [3.63, 3.8) is 0 Å². The van der Waals surface area contributed by atoms with Crippen LogP contribution in [0.1, 0.15) is 12.5 Å². The van der Waals surface area contributed by atoms with Crippen LogP contribution in [0.4, 0.5) is 17.3 Å². The molecule has 5 heteroatoms. The Morgan fingerprint density at radius 2 is 1.86 bits per heavy atom. The number of nitrogen functional groups attached to an aromatic ring is 1. The number of benzene rings is 2. The maximum absolute atomic E-state index is 5.92. The number of nitrogens with one attached hydrogen (secondary N) is 1. The van der Waals surface area contributed by atoms with Gasteiger partial charge in [0.1, 0.15) is 18.0 Å². The third-order valence-electron chi connectivity index (χ3n) is 3.46. The van der Waals surface area contributed by atoms with Crippen molar-refractivity contribution in [1.29, 1.82) is 0 Å². The minimum Gasteiger partial charge on any atom is -0.383 e. The van der Waals surface area contributed by atoms with Crippen LogP contribution in [0.2, 0.25) is 0 Å². The Morgan fingerprint density at radius 3 is 2.62 bits per heavy atom. The zero-order valence-electron chi connectivity index (χ0n) is 11.6. The summed E-state index contributed by atoms with van der Waals surface area (Å²) in [6.45, 7) is 2.04. The number of anilines is 3. The van der Waals surface area contributed by atoms with E-state index >= 15 is 0 Å². The van der Waals surface area contributed by atoms with Crippen LogP contribution in [0.15, 0.2) is 47.2 Å². The van der Waals surface area contributed by atoms with Crippen molar-refractivity contribution in [3.8, 4) is 0 Å². The van der Waals surface area contributed by atoms with Crippen LogP contribution >= 0.6 is 15.9 Å². The van der Waals surface area contributed by atoms with E-state index < -0.39 is 0 Å². The third kappa shape index (κ3) is 2.56. The number of nitrogens with zero attached hydrogens (tertiary/aromatic N) is 2. The van der Waals surface area contributed by atoms with E-state index in [1.807, 2.05) is 31.2 Å². The van der Waals surface area contributed by atoms with Crippen molar-refractivity contribution < 1.29 is 0 Å². The molecule has 0 aliphatic rings. The fourth-order valence-electron chi connectivity index (χ4n) is 2.38. The predicted molar refractivity (Wildman–Crippen MR) is 90.8 cm³/mol. The van der Waals surface area contributed by atoms with Gasteiger partial charge >= 0.3 is 0 Å². The molecule has 3 N–H and O–H groups in total. The second kappa shape index (κ2) is 5.69. The molecule has 1 aromatic heterocycles. The second-order valence-electron chi connectivity index (χ2n) is 4.71. The third-order valence-corrected chi connectivity index (χ3v) is 4.15. The zero-order chi connectivity index (χ0) is 14.8. The molecule has 1 heterocycles. The highest BCUT2D eigenvalue weighted by Gasteiger charge is 2.10. The zero-order valence-corrected chi connectivity index (χ0v) is 13.2. The summed E-state index contributed by atoms with van der Waals surface area (Å²) in [5.74, 6) is 1.29. The minimum atomic E-state index is 0.524. The molecule has 0 saturated heterocycles. The van der Waals surface area contributed by atoms with Crippen LogP contribution in [0, 0.1) is 0 Å². The fourth-order valence-corrected chi connectivity index (χ4v) is 2.86. The Morgan fingerprint density at radius 1 is 1.10 bits per heavy atom. The first-order chi connectivity index (χ1) is 10.2. The van der Waals surface area contributed by atoms with Gasteiger partial charge in [-0.25, -0.2) is 9.97 Å². The minimum absolute atomic E-state index is 0.524. The van der Waals surface area contributed by atoms with Gasteiger partial charge in [-0.05, 0) is 23.9 Å². The maximum Gasteiger partial charge on any atom is 0.139 e. The first-order valence-corrected chi connectivity index (χ1v) is 7.53. The first kappa shape index (κ1) is 13.8. The summed E-state index contributed by atoms with van der Waals surface area (Å²) in [5.41, 5.74) is 7.86. The van der Waals surface area contributed by atoms with Crippen molar-refractivity contribution in [1.82, 2.24) is 9.97 Å². The van der Waals surface area contributed by atoms with Crippen LogP contribution in [-0.2, 0) is 6.42 Å². The lowest BCUT2D eigenvalue weighted by Gasteiger charge is -2.13. The Balaban J connectivity index is 2.11. The molecule has 0 unspecified atom stereocenters. The number of aromatic nitrogens is 2. The van der Waals surface area contributed by atoms with Gasteiger partial charge in [0.25, 0.3) is 0 Å². The van der Waals surface area contributed by atoms with Gasteiger partial charge in [0.05, 0.1) is 0 Å². The molecule has 0 aliphatic carbocycles. The number of hydrogen-bond acceptors (Lipinski definition) is 4. The van der Waals surface area contributed by atoms with E-state index in [0.717, 1.165) is 38.7 Å². The molecule has 0 radical (unpaired) electrons. The highest BCUT2D eigenvalue weighted by atomic mass is 79.9. The second-order valence-corrected chi connectivity index (χ2v) is 5.56. The van der Waals surface area contributed by atoms with Crippen LogP contribution in [0.3, 0.4) is 0 Å². The number of halogens is 1. The number of nitrogens with two attached hydrogens (primary N) is 1. The molecule has 0 spiro atoms. The van der Waals surface area contributed by atoms with Gasteiger partial charge in [0.15, 0.2) is 0 Å². The van der Waals surface area contributed by atoms with Crippen molar-refractivity contribution in [2.24, 2.45) is 0 Å². The molecule has 4 nitrogen and oxygen atoms in total. The summed E-state index contributed by atoms with van der Waals surface area (Å²) in [5, 5.41) is 5.67. The summed E-state index contributed by atoms with van der Waals surface area (Å²) < 4.78 is 1.07. The van der Waals surface area contributed by atoms with E-state index in [9.17, 15) is 0 Å². The normalized spacial score (nSPS) is 10.8. The highest BCUT2D eigenvalue weighted by molar-refractivity contribution is 9.10. The molecule has 21 heavy (non-hydrogen) atoms. The molecule has 0 bridgehead atoms. The summed E-state index contributed by atoms with van der Waals surface area (Å²) in [6.07, 6.45) is 2.27. The number of rotatable bonds is 3. The molecule has 106 valence electrons. The van der Waals surface area contributed by atoms with Gasteiger partial charge in [-0.15, -0.1) is 0 Å². The average Bonchev–Trinajstić information content (AvgIpc) is 2.51. The van der Waals surface area contributed by atoms with E-state index in [0.29, 0.717) is 5.82 Å². The van der Waals surface area contributed by atoms with Crippen LogP contribution in [0.5, 0.6) is 0 Å². The summed E-state index contributed by atoms with van der Waals surface area (Å²) in [4.78, 5) is 8.37. The van der Waals surface area contributed by atoms with Gasteiger partial charge in [-0.2, -0.15) is 0 Å². The molecule has 3 rings (SSSR count). The lowest BCUT2D eigenvalue weighted by molar-refractivity contribution is 1.06.